The molecular weight excluding hydrogens is 336 g/mol. The van der Waals surface area contributed by atoms with Crippen LogP contribution in [0, 0.1) is 11.6 Å². The van der Waals surface area contributed by atoms with Crippen molar-refractivity contribution in [3.8, 4) is 0 Å². The van der Waals surface area contributed by atoms with Gasteiger partial charge < -0.3 is 9.88 Å². The van der Waals surface area contributed by atoms with E-state index in [1.54, 1.807) is 54.3 Å². The van der Waals surface area contributed by atoms with Crippen molar-refractivity contribution in [3.63, 3.8) is 0 Å². The summed E-state index contributed by atoms with van der Waals surface area (Å²) < 4.78 is 29.2. The lowest BCUT2D eigenvalue weighted by Crippen LogP contribution is -2.30. The van der Waals surface area contributed by atoms with Gasteiger partial charge in [0.1, 0.15) is 23.5 Å². The predicted molar refractivity (Wildman–Crippen MR) is 95.0 cm³/mol. The lowest BCUT2D eigenvalue weighted by molar-refractivity contribution is -0.117. The van der Waals surface area contributed by atoms with Crippen molar-refractivity contribution in [2.45, 2.75) is 6.04 Å². The number of amides is 1. The van der Waals surface area contributed by atoms with Gasteiger partial charge in [-0.25, -0.2) is 13.8 Å². The fourth-order valence-corrected chi connectivity index (χ4v) is 2.62. The summed E-state index contributed by atoms with van der Waals surface area (Å²) in [7, 11) is 1.77. The van der Waals surface area contributed by atoms with E-state index >= 15 is 0 Å². The summed E-state index contributed by atoms with van der Waals surface area (Å²) in [4.78, 5) is 16.6. The zero-order valence-corrected chi connectivity index (χ0v) is 14.1. The third-order valence-electron chi connectivity index (χ3n) is 3.90. The van der Waals surface area contributed by atoms with Crippen LogP contribution in [0.2, 0.25) is 0 Å². The molecule has 1 amide bonds. The second-order valence-electron chi connectivity index (χ2n) is 5.75. The van der Waals surface area contributed by atoms with Crippen molar-refractivity contribution in [2.75, 3.05) is 0 Å². The number of rotatable bonds is 5. The summed E-state index contributed by atoms with van der Waals surface area (Å²) in [5.41, 5.74) is 0.869. The van der Waals surface area contributed by atoms with Crippen LogP contribution in [0.4, 0.5) is 8.78 Å². The lowest BCUT2D eigenvalue weighted by Gasteiger charge is -2.18. The molecule has 0 fully saturated rings. The van der Waals surface area contributed by atoms with Gasteiger partial charge in [-0.05, 0) is 29.8 Å². The quantitative estimate of drug-likeness (QED) is 0.712. The summed E-state index contributed by atoms with van der Waals surface area (Å²) in [6.45, 7) is 0. The molecule has 0 saturated carbocycles. The summed E-state index contributed by atoms with van der Waals surface area (Å²) in [5.74, 6) is -0.757. The number of benzene rings is 2. The van der Waals surface area contributed by atoms with E-state index in [1.165, 1.54) is 30.4 Å². The topological polar surface area (TPSA) is 46.9 Å². The molecule has 0 aliphatic carbocycles. The number of hydrogen-bond donors (Lipinski definition) is 1. The molecule has 3 rings (SSSR count). The fraction of sp³-hybridized carbons (Fsp3) is 0.100. The van der Waals surface area contributed by atoms with Crippen LogP contribution in [0.15, 0.2) is 67.0 Å². The van der Waals surface area contributed by atoms with Crippen LogP contribution < -0.4 is 5.32 Å². The van der Waals surface area contributed by atoms with E-state index in [9.17, 15) is 13.6 Å². The van der Waals surface area contributed by atoms with E-state index in [2.05, 4.69) is 10.3 Å². The summed E-state index contributed by atoms with van der Waals surface area (Å²) >= 11 is 0. The number of nitrogens with zero attached hydrogens (tertiary/aromatic N) is 2. The van der Waals surface area contributed by atoms with Crippen LogP contribution in [0.3, 0.4) is 0 Å². The first-order valence-corrected chi connectivity index (χ1v) is 8.00. The molecule has 0 spiro atoms. The molecule has 0 bridgehead atoms. The molecule has 0 saturated heterocycles. The average Bonchev–Trinajstić information content (AvgIpc) is 3.04. The van der Waals surface area contributed by atoms with Gasteiger partial charge in [0.2, 0.25) is 5.91 Å². The van der Waals surface area contributed by atoms with E-state index < -0.39 is 17.8 Å². The van der Waals surface area contributed by atoms with Crippen molar-refractivity contribution in [2.24, 2.45) is 7.05 Å². The van der Waals surface area contributed by atoms with Gasteiger partial charge in [-0.2, -0.15) is 0 Å². The van der Waals surface area contributed by atoms with E-state index in [1.807, 2.05) is 0 Å². The highest BCUT2D eigenvalue weighted by Gasteiger charge is 2.22. The Kier molecular flexibility index (Phi) is 5.22. The maximum absolute atomic E-state index is 14.3. The van der Waals surface area contributed by atoms with Crippen LogP contribution in [-0.2, 0) is 11.8 Å². The van der Waals surface area contributed by atoms with E-state index in [0.29, 0.717) is 17.0 Å². The molecule has 1 heterocycles. The minimum atomic E-state index is -0.749. The molecule has 1 aromatic heterocycles. The highest BCUT2D eigenvalue weighted by molar-refractivity contribution is 5.92. The molecule has 2 aromatic carbocycles. The van der Waals surface area contributed by atoms with E-state index in [4.69, 9.17) is 0 Å². The number of imidazole rings is 1. The van der Waals surface area contributed by atoms with Gasteiger partial charge in [0.05, 0.1) is 0 Å². The molecule has 1 unspecified atom stereocenters. The third kappa shape index (κ3) is 4.03. The van der Waals surface area contributed by atoms with E-state index in [-0.39, 0.29) is 5.82 Å². The SMILES string of the molecule is Cn1ccnc1C(NC(=O)/C=C/c1cccc(F)c1)c1ccccc1F. The minimum Gasteiger partial charge on any atom is -0.338 e. The van der Waals surface area contributed by atoms with Crippen molar-refractivity contribution in [1.82, 2.24) is 14.9 Å². The molecular formula is C20H17F2N3O. The fourth-order valence-electron chi connectivity index (χ4n) is 2.62. The van der Waals surface area contributed by atoms with Gasteiger partial charge >= 0.3 is 0 Å². The Labute approximate surface area is 149 Å². The smallest absolute Gasteiger partial charge is 0.244 e. The first-order chi connectivity index (χ1) is 12.5. The number of halogens is 2. The zero-order valence-electron chi connectivity index (χ0n) is 14.1. The van der Waals surface area contributed by atoms with Crippen LogP contribution in [-0.4, -0.2) is 15.5 Å². The summed E-state index contributed by atoms with van der Waals surface area (Å²) in [6, 6.07) is 11.3. The van der Waals surface area contributed by atoms with Gasteiger partial charge in [-0.3, -0.25) is 4.79 Å². The highest BCUT2D eigenvalue weighted by Crippen LogP contribution is 2.23. The first kappa shape index (κ1) is 17.5. The molecule has 0 radical (unpaired) electrons. The maximum atomic E-state index is 14.3. The van der Waals surface area contributed by atoms with Crippen molar-refractivity contribution in [1.29, 1.82) is 0 Å². The molecule has 3 aromatic rings. The second-order valence-corrected chi connectivity index (χ2v) is 5.75. The van der Waals surface area contributed by atoms with Crippen LogP contribution >= 0.6 is 0 Å². The van der Waals surface area contributed by atoms with Gasteiger partial charge in [0.15, 0.2) is 0 Å². The lowest BCUT2D eigenvalue weighted by atomic mass is 10.1. The van der Waals surface area contributed by atoms with Crippen LogP contribution in [0.1, 0.15) is 23.0 Å². The van der Waals surface area contributed by atoms with Crippen molar-refractivity contribution < 1.29 is 13.6 Å². The number of hydrogen-bond acceptors (Lipinski definition) is 2. The Hall–Kier alpha value is -3.28. The Bertz CT molecular complexity index is 949. The number of aromatic nitrogens is 2. The molecule has 132 valence electrons. The number of carbonyl (C=O) groups excluding carboxylic acids is 1. The third-order valence-corrected chi connectivity index (χ3v) is 3.90. The maximum Gasteiger partial charge on any atom is 0.244 e. The van der Waals surface area contributed by atoms with Gasteiger partial charge in [-0.15, -0.1) is 0 Å². The van der Waals surface area contributed by atoms with Crippen molar-refractivity contribution in [3.05, 3.63) is 95.6 Å². The van der Waals surface area contributed by atoms with Crippen molar-refractivity contribution >= 4 is 12.0 Å². The zero-order chi connectivity index (χ0) is 18.5. The number of nitrogens with one attached hydrogen (secondary N) is 1. The average molecular weight is 353 g/mol. The number of aryl methyl sites for hydroxylation is 1. The Morgan fingerprint density at radius 1 is 1.19 bits per heavy atom. The van der Waals surface area contributed by atoms with Gasteiger partial charge in [0, 0.05) is 31.1 Å². The normalized spacial score (nSPS) is 12.3. The Balaban J connectivity index is 1.85. The van der Waals surface area contributed by atoms with Gasteiger partial charge in [-0.1, -0.05) is 30.3 Å². The monoisotopic (exact) mass is 353 g/mol. The summed E-state index contributed by atoms with van der Waals surface area (Å²) in [6.07, 6.45) is 6.08. The molecule has 26 heavy (non-hydrogen) atoms. The first-order valence-electron chi connectivity index (χ1n) is 8.00. The molecule has 1 N–H and O–H groups in total. The molecule has 4 nitrogen and oxygen atoms in total. The largest absolute Gasteiger partial charge is 0.338 e. The van der Waals surface area contributed by atoms with E-state index in [0.717, 1.165) is 0 Å². The number of carbonyl (C=O) groups is 1. The van der Waals surface area contributed by atoms with Crippen LogP contribution in [0.5, 0.6) is 0 Å². The Morgan fingerprint density at radius 3 is 2.69 bits per heavy atom. The highest BCUT2D eigenvalue weighted by atomic mass is 19.1. The Morgan fingerprint density at radius 2 is 2.00 bits per heavy atom. The van der Waals surface area contributed by atoms with Gasteiger partial charge in [0.25, 0.3) is 0 Å². The predicted octanol–water partition coefficient (Wildman–Crippen LogP) is 3.62. The van der Waals surface area contributed by atoms with Crippen LogP contribution in [0.25, 0.3) is 6.08 Å². The standard InChI is InChI=1S/C20H17F2N3O/c1-25-12-11-23-20(25)19(16-7-2-3-8-17(16)22)24-18(26)10-9-14-5-4-6-15(21)13-14/h2-13,19H,1H3,(H,24,26)/b10-9+. The molecule has 0 aliphatic rings. The second kappa shape index (κ2) is 7.74. The molecule has 6 heteroatoms. The molecule has 0 aliphatic heterocycles. The molecule has 1 atom stereocenters. The minimum absolute atomic E-state index is 0.314. The summed E-state index contributed by atoms with van der Waals surface area (Å²) in [5, 5.41) is 2.76.